The normalized spacial score (nSPS) is 11.9. The summed E-state index contributed by atoms with van der Waals surface area (Å²) in [6, 6.07) is 15.9. The van der Waals surface area contributed by atoms with Gasteiger partial charge in [-0.15, -0.1) is 0 Å². The molecule has 0 bridgehead atoms. The van der Waals surface area contributed by atoms with E-state index in [-0.39, 0.29) is 0 Å². The molecule has 3 nitrogen and oxygen atoms in total. The molecule has 2 aromatic rings. The minimum absolute atomic E-state index is 0.470. The summed E-state index contributed by atoms with van der Waals surface area (Å²) in [5.41, 5.74) is 8.66. The quantitative estimate of drug-likeness (QED) is 0.913. The van der Waals surface area contributed by atoms with Crippen LogP contribution in [0.15, 0.2) is 48.5 Å². The maximum atomic E-state index is 10.9. The van der Waals surface area contributed by atoms with Crippen molar-refractivity contribution in [1.29, 1.82) is 0 Å². The van der Waals surface area contributed by atoms with Gasteiger partial charge in [0.25, 0.3) is 5.91 Å². The van der Waals surface area contributed by atoms with Gasteiger partial charge in [0.15, 0.2) is 6.10 Å². The monoisotopic (exact) mass is 255 g/mol. The van der Waals surface area contributed by atoms with Crippen LogP contribution in [0.2, 0.25) is 0 Å². The number of benzene rings is 2. The first-order valence-corrected chi connectivity index (χ1v) is 6.19. The zero-order valence-electron chi connectivity index (χ0n) is 11.1. The van der Waals surface area contributed by atoms with Crippen molar-refractivity contribution in [2.75, 3.05) is 0 Å². The third kappa shape index (κ3) is 3.35. The molecule has 3 heteroatoms. The highest BCUT2D eigenvalue weighted by Crippen LogP contribution is 2.23. The SMILES string of the molecule is Cc1cccc(-c2ccc(O[C@H](C)C(N)=O)cc2)c1. The fourth-order valence-corrected chi connectivity index (χ4v) is 1.81. The third-order valence-electron chi connectivity index (χ3n) is 2.92. The summed E-state index contributed by atoms with van der Waals surface area (Å²) in [6.45, 7) is 3.70. The van der Waals surface area contributed by atoms with Crippen molar-refractivity contribution in [2.45, 2.75) is 20.0 Å². The number of hydrogen-bond acceptors (Lipinski definition) is 2. The number of hydrogen-bond donors (Lipinski definition) is 1. The van der Waals surface area contributed by atoms with Crippen LogP contribution < -0.4 is 10.5 Å². The zero-order chi connectivity index (χ0) is 13.8. The predicted octanol–water partition coefficient (Wildman–Crippen LogP) is 2.91. The summed E-state index contributed by atoms with van der Waals surface area (Å²) in [5.74, 6) is 0.172. The molecule has 0 aromatic heterocycles. The number of ether oxygens (including phenoxy) is 1. The molecule has 98 valence electrons. The molecule has 0 saturated carbocycles. The van der Waals surface area contributed by atoms with E-state index >= 15 is 0 Å². The van der Waals surface area contributed by atoms with Crippen LogP contribution in [0.4, 0.5) is 0 Å². The lowest BCUT2D eigenvalue weighted by molar-refractivity contribution is -0.123. The van der Waals surface area contributed by atoms with Crippen molar-refractivity contribution in [3.8, 4) is 16.9 Å². The molecule has 0 unspecified atom stereocenters. The van der Waals surface area contributed by atoms with Crippen LogP contribution in [-0.2, 0) is 4.79 Å². The fraction of sp³-hybridized carbons (Fsp3) is 0.188. The number of carbonyl (C=O) groups is 1. The van der Waals surface area contributed by atoms with Crippen molar-refractivity contribution in [3.05, 3.63) is 54.1 Å². The molecule has 0 radical (unpaired) electrons. The molecule has 0 heterocycles. The number of nitrogens with two attached hydrogens (primary N) is 1. The summed E-state index contributed by atoms with van der Waals surface area (Å²) in [4.78, 5) is 10.9. The summed E-state index contributed by atoms with van der Waals surface area (Å²) in [7, 11) is 0. The van der Waals surface area contributed by atoms with Gasteiger partial charge in [0.1, 0.15) is 5.75 Å². The highest BCUT2D eigenvalue weighted by Gasteiger charge is 2.09. The van der Waals surface area contributed by atoms with Crippen LogP contribution in [0.5, 0.6) is 5.75 Å². The molecule has 1 atom stereocenters. The molecule has 0 aliphatic heterocycles. The van der Waals surface area contributed by atoms with Gasteiger partial charge < -0.3 is 10.5 Å². The molecular formula is C16H17NO2. The second-order valence-electron chi connectivity index (χ2n) is 4.56. The number of primary amides is 1. The van der Waals surface area contributed by atoms with Crippen molar-refractivity contribution < 1.29 is 9.53 Å². The summed E-state index contributed by atoms with van der Waals surface area (Å²) < 4.78 is 5.42. The van der Waals surface area contributed by atoms with Crippen LogP contribution in [0.25, 0.3) is 11.1 Å². The molecule has 2 rings (SSSR count). The van der Waals surface area contributed by atoms with Gasteiger partial charge >= 0.3 is 0 Å². The lowest BCUT2D eigenvalue weighted by Crippen LogP contribution is -2.30. The molecule has 2 N–H and O–H groups in total. The van der Waals surface area contributed by atoms with Crippen LogP contribution in [0.3, 0.4) is 0 Å². The smallest absolute Gasteiger partial charge is 0.258 e. The van der Waals surface area contributed by atoms with Crippen molar-refractivity contribution in [3.63, 3.8) is 0 Å². The topological polar surface area (TPSA) is 52.3 Å². The highest BCUT2D eigenvalue weighted by atomic mass is 16.5. The van der Waals surface area contributed by atoms with E-state index in [1.54, 1.807) is 6.92 Å². The summed E-state index contributed by atoms with van der Waals surface area (Å²) in [6.07, 6.45) is -0.621. The number of aryl methyl sites for hydroxylation is 1. The van der Waals surface area contributed by atoms with Gasteiger partial charge in [-0.2, -0.15) is 0 Å². The second-order valence-corrected chi connectivity index (χ2v) is 4.56. The van der Waals surface area contributed by atoms with E-state index in [9.17, 15) is 4.79 Å². The minimum atomic E-state index is -0.621. The van der Waals surface area contributed by atoms with Gasteiger partial charge in [-0.3, -0.25) is 4.79 Å². The van der Waals surface area contributed by atoms with Crippen molar-refractivity contribution >= 4 is 5.91 Å². The Morgan fingerprint density at radius 2 is 1.79 bits per heavy atom. The molecule has 0 spiro atoms. The van der Waals surface area contributed by atoms with E-state index in [0.717, 1.165) is 11.1 Å². The fourth-order valence-electron chi connectivity index (χ4n) is 1.81. The van der Waals surface area contributed by atoms with E-state index < -0.39 is 12.0 Å². The van der Waals surface area contributed by atoms with Gasteiger partial charge in [-0.25, -0.2) is 0 Å². The lowest BCUT2D eigenvalue weighted by atomic mass is 10.0. The molecule has 1 amide bonds. The highest BCUT2D eigenvalue weighted by molar-refractivity contribution is 5.78. The van der Waals surface area contributed by atoms with Crippen molar-refractivity contribution in [2.24, 2.45) is 5.73 Å². The Bertz CT molecular complexity index is 576. The summed E-state index contributed by atoms with van der Waals surface area (Å²) >= 11 is 0. The molecular weight excluding hydrogens is 238 g/mol. The third-order valence-corrected chi connectivity index (χ3v) is 2.92. The Hall–Kier alpha value is -2.29. The maximum Gasteiger partial charge on any atom is 0.258 e. The maximum absolute atomic E-state index is 10.9. The van der Waals surface area contributed by atoms with Crippen molar-refractivity contribution in [1.82, 2.24) is 0 Å². The van der Waals surface area contributed by atoms with Gasteiger partial charge in [-0.05, 0) is 37.1 Å². The first kappa shape index (κ1) is 13.1. The first-order valence-electron chi connectivity index (χ1n) is 6.19. The lowest BCUT2D eigenvalue weighted by Gasteiger charge is -2.11. The van der Waals surface area contributed by atoms with Crippen LogP contribution in [0, 0.1) is 6.92 Å². The average molecular weight is 255 g/mol. The Labute approximate surface area is 113 Å². The Kier molecular flexibility index (Phi) is 3.85. The predicted molar refractivity (Wildman–Crippen MR) is 75.9 cm³/mol. The Balaban J connectivity index is 2.17. The molecule has 0 saturated heterocycles. The number of carbonyl (C=O) groups excluding carboxylic acids is 1. The standard InChI is InChI=1S/C16H17NO2/c1-11-4-3-5-14(10-11)13-6-8-15(9-7-13)19-12(2)16(17)18/h3-10,12H,1-2H3,(H2,17,18)/t12-/m1/s1. The first-order chi connectivity index (χ1) is 9.06. The number of amides is 1. The zero-order valence-corrected chi connectivity index (χ0v) is 11.1. The van der Waals surface area contributed by atoms with E-state index in [1.165, 1.54) is 5.56 Å². The minimum Gasteiger partial charge on any atom is -0.481 e. The van der Waals surface area contributed by atoms with Gasteiger partial charge in [0, 0.05) is 0 Å². The van der Waals surface area contributed by atoms with E-state index in [4.69, 9.17) is 10.5 Å². The van der Waals surface area contributed by atoms with E-state index in [0.29, 0.717) is 5.75 Å². The Morgan fingerprint density at radius 3 is 2.37 bits per heavy atom. The van der Waals surface area contributed by atoms with Crippen LogP contribution >= 0.6 is 0 Å². The molecule has 0 aliphatic carbocycles. The largest absolute Gasteiger partial charge is 0.481 e. The molecule has 19 heavy (non-hydrogen) atoms. The summed E-state index contributed by atoms with van der Waals surface area (Å²) in [5, 5.41) is 0. The van der Waals surface area contributed by atoms with Crippen LogP contribution in [-0.4, -0.2) is 12.0 Å². The average Bonchev–Trinajstić information content (AvgIpc) is 2.39. The number of rotatable bonds is 4. The molecule has 0 aliphatic rings. The van der Waals surface area contributed by atoms with E-state index in [2.05, 4.69) is 25.1 Å². The van der Waals surface area contributed by atoms with Gasteiger partial charge in [-0.1, -0.05) is 42.0 Å². The van der Waals surface area contributed by atoms with Gasteiger partial charge in [0.2, 0.25) is 0 Å². The van der Waals surface area contributed by atoms with E-state index in [1.807, 2.05) is 30.3 Å². The molecule has 2 aromatic carbocycles. The Morgan fingerprint density at radius 1 is 1.11 bits per heavy atom. The second kappa shape index (κ2) is 5.57. The molecule has 0 fully saturated rings. The van der Waals surface area contributed by atoms with Gasteiger partial charge in [0.05, 0.1) is 0 Å². The van der Waals surface area contributed by atoms with Crippen LogP contribution in [0.1, 0.15) is 12.5 Å².